The number of pyridine rings is 1. The minimum atomic E-state index is -5.09. The quantitative estimate of drug-likeness (QED) is 0.726. The Morgan fingerprint density at radius 1 is 1.40 bits per heavy atom. The number of aryl methyl sites for hydroxylation is 1. The lowest BCUT2D eigenvalue weighted by Crippen LogP contribution is -2.42. The Hall–Kier alpha value is -2.04. The number of nitrogens with zero attached hydrogens (tertiary/aromatic N) is 4. The summed E-state index contributed by atoms with van der Waals surface area (Å²) < 4.78 is 128. The number of nitrogens with one attached hydrogen (secondary N) is 1. The van der Waals surface area contributed by atoms with Crippen LogP contribution < -0.4 is 10.9 Å². The Balaban J connectivity index is 1.84. The van der Waals surface area contributed by atoms with Crippen LogP contribution in [0.15, 0.2) is 17.1 Å². The lowest BCUT2D eigenvalue weighted by Gasteiger charge is -2.31. The molecule has 1 aliphatic heterocycles. The van der Waals surface area contributed by atoms with Gasteiger partial charge in [0.05, 0.1) is 17.8 Å². The molecule has 0 spiro atoms. The van der Waals surface area contributed by atoms with E-state index in [-0.39, 0.29) is 34.6 Å². The van der Waals surface area contributed by atoms with Crippen molar-refractivity contribution < 1.29 is 31.3 Å². The number of rotatable bonds is 4. The van der Waals surface area contributed by atoms with Gasteiger partial charge in [0.25, 0.3) is 5.56 Å². The van der Waals surface area contributed by atoms with E-state index in [1.807, 2.05) is 0 Å². The number of hydrogen-bond donors (Lipinski definition) is 2. The van der Waals surface area contributed by atoms with Crippen LogP contribution in [0, 0.1) is 6.85 Å². The maximum atomic E-state index is 13.5. The van der Waals surface area contributed by atoms with Gasteiger partial charge < -0.3 is 10.4 Å². The van der Waals surface area contributed by atoms with Crippen LogP contribution in [-0.2, 0) is 10.0 Å². The average Bonchev–Trinajstić information content (AvgIpc) is 3.21. The van der Waals surface area contributed by atoms with E-state index in [2.05, 4.69) is 15.3 Å². The van der Waals surface area contributed by atoms with Crippen LogP contribution >= 0.6 is 0 Å². The first-order chi connectivity index (χ1) is 19.2. The van der Waals surface area contributed by atoms with Crippen molar-refractivity contribution in [2.24, 2.45) is 0 Å². The zero-order valence-corrected chi connectivity index (χ0v) is 16.5. The van der Waals surface area contributed by atoms with Crippen LogP contribution in [0.25, 0.3) is 11.0 Å². The van der Waals surface area contributed by atoms with Gasteiger partial charge in [0.1, 0.15) is 5.65 Å². The van der Waals surface area contributed by atoms with Gasteiger partial charge in [0.15, 0.2) is 0 Å². The highest BCUT2D eigenvalue weighted by atomic mass is 32.2. The molecule has 9 nitrogen and oxygen atoms in total. The highest BCUT2D eigenvalue weighted by molar-refractivity contribution is 7.88. The summed E-state index contributed by atoms with van der Waals surface area (Å²) in [5, 5.41) is 13.6. The molecule has 0 bridgehead atoms. The van der Waals surface area contributed by atoms with Gasteiger partial charge in [-0.15, -0.1) is 0 Å². The monoisotopic (exact) mass is 448 g/mol. The molecule has 0 amide bonds. The van der Waals surface area contributed by atoms with E-state index in [1.54, 1.807) is 0 Å². The molecule has 1 aliphatic carbocycles. The number of anilines is 1. The summed E-state index contributed by atoms with van der Waals surface area (Å²) in [5.41, 5.74) is -4.56. The van der Waals surface area contributed by atoms with Crippen molar-refractivity contribution >= 4 is 27.0 Å². The molecule has 4 rings (SSSR count). The average molecular weight is 449 g/mol. The molecular weight excluding hydrogens is 406 g/mol. The SMILES string of the molecule is [2H]C([2H])([2H])c1cc2cnc(NC3C([2H])([2H])CN(S(=O)(=O)C([2H])([2H])[2H])CC3([2H])[2H])nc2n(C2CCCC2(O)C([2H])([2H])[2H])c1=O. The van der Waals surface area contributed by atoms with Gasteiger partial charge >= 0.3 is 0 Å². The molecule has 1 saturated heterocycles. The number of hydrogen-bond acceptors (Lipinski definition) is 7. The van der Waals surface area contributed by atoms with Gasteiger partial charge in [-0.3, -0.25) is 9.36 Å². The first-order valence-electron chi connectivity index (χ1n) is 15.7. The van der Waals surface area contributed by atoms with Gasteiger partial charge in [0.2, 0.25) is 16.0 Å². The number of piperidine rings is 1. The fraction of sp³-hybridized carbons (Fsp3) is 0.650. The summed E-state index contributed by atoms with van der Waals surface area (Å²) in [6.07, 6.45) is -8.03. The topological polar surface area (TPSA) is 117 Å². The maximum absolute atomic E-state index is 13.5. The van der Waals surface area contributed by atoms with E-state index in [0.29, 0.717) is 0 Å². The van der Waals surface area contributed by atoms with Crippen molar-refractivity contribution in [2.75, 3.05) is 24.6 Å². The zero-order valence-electron chi connectivity index (χ0n) is 28.7. The van der Waals surface area contributed by atoms with Crippen molar-refractivity contribution in [3.05, 3.63) is 28.2 Å². The van der Waals surface area contributed by atoms with Gasteiger partial charge in [-0.05, 0) is 51.8 Å². The molecule has 164 valence electrons. The largest absolute Gasteiger partial charge is 0.388 e. The first kappa shape index (κ1) is 10.5. The second kappa shape index (κ2) is 7.58. The molecule has 1 saturated carbocycles. The summed E-state index contributed by atoms with van der Waals surface area (Å²) in [6, 6.07) is -2.30. The molecule has 10 heteroatoms. The number of fused-ring (bicyclic) bond motifs is 1. The van der Waals surface area contributed by atoms with E-state index in [4.69, 9.17) is 17.8 Å². The lowest BCUT2D eigenvalue weighted by molar-refractivity contribution is 0.0266. The molecule has 2 unspecified atom stereocenters. The van der Waals surface area contributed by atoms with Crippen molar-refractivity contribution in [2.45, 2.75) is 63.4 Å². The minimum Gasteiger partial charge on any atom is -0.388 e. The summed E-state index contributed by atoms with van der Waals surface area (Å²) in [7, 11) is -5.09. The third kappa shape index (κ3) is 3.95. The van der Waals surface area contributed by atoms with Crippen LogP contribution in [0.3, 0.4) is 0 Å². The zero-order chi connectivity index (χ0) is 32.8. The van der Waals surface area contributed by atoms with E-state index in [9.17, 15) is 18.3 Å². The summed E-state index contributed by atoms with van der Waals surface area (Å²) >= 11 is 0. The van der Waals surface area contributed by atoms with Crippen LogP contribution in [0.5, 0.6) is 0 Å². The number of aromatic nitrogens is 3. The van der Waals surface area contributed by atoms with E-state index >= 15 is 0 Å². The Morgan fingerprint density at radius 3 is 2.90 bits per heavy atom. The summed E-state index contributed by atoms with van der Waals surface area (Å²) in [5.74, 6) is -0.484. The van der Waals surface area contributed by atoms with E-state index < -0.39 is 90.5 Å². The van der Waals surface area contributed by atoms with Gasteiger partial charge in [0, 0.05) is 54.1 Å². The van der Waals surface area contributed by atoms with Gasteiger partial charge in [-0.2, -0.15) is 4.98 Å². The fourth-order valence-electron chi connectivity index (χ4n) is 3.71. The highest BCUT2D eigenvalue weighted by Crippen LogP contribution is 2.39. The summed E-state index contributed by atoms with van der Waals surface area (Å²) in [6.45, 7) is -7.97. The molecule has 2 aromatic heterocycles. The summed E-state index contributed by atoms with van der Waals surface area (Å²) in [4.78, 5) is 21.7. The van der Waals surface area contributed by atoms with Crippen molar-refractivity contribution in [3.63, 3.8) is 0 Å². The Kier molecular flexibility index (Phi) is 2.66. The number of aliphatic hydroxyl groups is 1. The fourth-order valence-corrected chi connectivity index (χ4v) is 4.20. The molecule has 0 radical (unpaired) electrons. The molecule has 2 fully saturated rings. The second-order valence-corrected chi connectivity index (χ2v) is 8.76. The smallest absolute Gasteiger partial charge is 0.255 e. The van der Waals surface area contributed by atoms with Gasteiger partial charge in [-0.1, -0.05) is 0 Å². The normalized spacial score (nSPS) is 37.4. The second-order valence-electron chi connectivity index (χ2n) is 7.30. The molecule has 2 aliphatic rings. The van der Waals surface area contributed by atoms with Crippen molar-refractivity contribution in [1.82, 2.24) is 18.8 Å². The minimum absolute atomic E-state index is 0.0252. The Labute approximate surface area is 194 Å². The molecule has 30 heavy (non-hydrogen) atoms. The Morgan fingerprint density at radius 2 is 2.20 bits per heavy atom. The van der Waals surface area contributed by atoms with Crippen molar-refractivity contribution in [3.8, 4) is 0 Å². The van der Waals surface area contributed by atoms with Crippen LogP contribution in [0.2, 0.25) is 0 Å². The molecule has 2 N–H and O–H groups in total. The van der Waals surface area contributed by atoms with Crippen LogP contribution in [0.1, 0.15) is 68.3 Å². The molecule has 0 aromatic carbocycles. The highest BCUT2D eigenvalue weighted by Gasteiger charge is 2.39. The molecular formula is C20H29N5O4S. The van der Waals surface area contributed by atoms with Crippen LogP contribution in [-0.4, -0.2) is 63.3 Å². The predicted octanol–water partition coefficient (Wildman–Crippen LogP) is 1.41. The van der Waals surface area contributed by atoms with Gasteiger partial charge in [-0.25, -0.2) is 17.7 Å². The predicted molar refractivity (Wildman–Crippen MR) is 115 cm³/mol. The van der Waals surface area contributed by atoms with Crippen LogP contribution in [0.4, 0.5) is 5.95 Å². The van der Waals surface area contributed by atoms with E-state index in [0.717, 1.165) is 16.8 Å². The molecule has 3 heterocycles. The standard InChI is InChI=1S/C20H29N5O4S/c1-13-11-14-12-21-19(22-15-6-9-24(10-7-15)30(3,28)29)23-17(14)25(18(13)26)16-5-4-8-20(16,2)27/h11-12,15-16,27H,4-10H2,1-3H3,(H,21,22,23)/i1D3,2D3,3D3,6D2,7D2. The third-order valence-electron chi connectivity index (χ3n) is 5.23. The maximum Gasteiger partial charge on any atom is 0.255 e. The Bertz CT molecular complexity index is 1570. The third-order valence-corrected chi connectivity index (χ3v) is 6.17. The molecule has 2 atom stereocenters. The lowest BCUT2D eigenvalue weighted by atomic mass is 9.99. The first-order valence-corrected chi connectivity index (χ1v) is 10.6. The number of sulfonamides is 1. The molecule has 2 aromatic rings. The van der Waals surface area contributed by atoms with E-state index in [1.165, 1.54) is 0 Å². The van der Waals surface area contributed by atoms with Crippen molar-refractivity contribution in [1.29, 1.82) is 0 Å².